The molecule has 0 saturated carbocycles. The summed E-state index contributed by atoms with van der Waals surface area (Å²) in [5, 5.41) is 12.2. The highest BCUT2D eigenvalue weighted by Crippen LogP contribution is 2.43. The average Bonchev–Trinajstić information content (AvgIpc) is 3.16. The van der Waals surface area contributed by atoms with Crippen LogP contribution in [-0.4, -0.2) is 27.7 Å². The molecule has 0 aliphatic rings. The molecule has 0 bridgehead atoms. The third-order valence-corrected chi connectivity index (χ3v) is 6.19. The molecule has 0 aliphatic carbocycles. The van der Waals surface area contributed by atoms with E-state index in [2.05, 4.69) is 4.98 Å². The van der Waals surface area contributed by atoms with Crippen LogP contribution in [0.25, 0.3) is 21.7 Å². The first-order chi connectivity index (χ1) is 17.4. The number of hydrogen-bond donors (Lipinski definition) is 2. The van der Waals surface area contributed by atoms with Gasteiger partial charge in [-0.05, 0) is 53.4 Å². The van der Waals surface area contributed by atoms with Crippen LogP contribution in [0.2, 0.25) is 0 Å². The predicted molar refractivity (Wildman–Crippen MR) is 135 cm³/mol. The molecule has 8 heteroatoms. The van der Waals surface area contributed by atoms with E-state index in [9.17, 15) is 14.3 Å². The summed E-state index contributed by atoms with van der Waals surface area (Å²) in [5.74, 6) is 0.0754. The second-order valence-corrected chi connectivity index (χ2v) is 8.60. The van der Waals surface area contributed by atoms with Crippen LogP contribution in [0.1, 0.15) is 27.0 Å². The van der Waals surface area contributed by atoms with Crippen LogP contribution < -0.4 is 15.2 Å². The Hall–Kier alpha value is -4.59. The number of methoxy groups -OCH3 is 1. The molecule has 2 aromatic heterocycles. The second kappa shape index (κ2) is 9.22. The van der Waals surface area contributed by atoms with Crippen molar-refractivity contribution in [3.8, 4) is 17.4 Å². The predicted octanol–water partition coefficient (Wildman–Crippen LogP) is 4.85. The maximum absolute atomic E-state index is 13.3. The molecule has 1 amide bonds. The Bertz CT molecular complexity index is 1590. The Morgan fingerprint density at radius 3 is 2.42 bits per heavy atom. The van der Waals surface area contributed by atoms with Crippen LogP contribution in [-0.2, 0) is 20.1 Å². The Morgan fingerprint density at radius 1 is 1.06 bits per heavy atom. The lowest BCUT2D eigenvalue weighted by Gasteiger charge is -2.15. The van der Waals surface area contributed by atoms with Crippen LogP contribution >= 0.6 is 0 Å². The van der Waals surface area contributed by atoms with Gasteiger partial charge in [0, 0.05) is 30.2 Å². The Kier molecular flexibility index (Phi) is 5.93. The number of hydrogen-bond acceptors (Lipinski definition) is 5. The van der Waals surface area contributed by atoms with E-state index in [1.54, 1.807) is 38.7 Å². The molecule has 0 atom stereocenters. The zero-order valence-corrected chi connectivity index (χ0v) is 19.8. The van der Waals surface area contributed by atoms with Crippen LogP contribution in [0, 0.1) is 5.82 Å². The molecule has 0 fully saturated rings. The van der Waals surface area contributed by atoms with Crippen molar-refractivity contribution in [3.05, 3.63) is 95.1 Å². The third-order valence-electron chi connectivity index (χ3n) is 6.19. The average molecular weight is 486 g/mol. The van der Waals surface area contributed by atoms with Crippen LogP contribution in [0.4, 0.5) is 4.39 Å². The van der Waals surface area contributed by atoms with Crippen molar-refractivity contribution >= 4 is 27.6 Å². The van der Waals surface area contributed by atoms with Gasteiger partial charge in [0.25, 0.3) is 0 Å². The van der Waals surface area contributed by atoms with E-state index in [0.717, 1.165) is 22.4 Å². The molecule has 3 aromatic carbocycles. The molecule has 0 saturated heterocycles. The van der Waals surface area contributed by atoms with Gasteiger partial charge in [0.2, 0.25) is 11.8 Å². The van der Waals surface area contributed by atoms with Crippen molar-refractivity contribution in [2.24, 2.45) is 12.8 Å². The second-order valence-electron chi connectivity index (χ2n) is 8.60. The number of ether oxygens (including phenoxy) is 2. The molecular weight excluding hydrogens is 461 g/mol. The summed E-state index contributed by atoms with van der Waals surface area (Å²) >= 11 is 0. The quantitative estimate of drug-likeness (QED) is 0.343. The number of primary amides is 1. The summed E-state index contributed by atoms with van der Waals surface area (Å²) in [6, 6.07) is 15.5. The molecule has 0 aliphatic heterocycles. The van der Waals surface area contributed by atoms with Gasteiger partial charge >= 0.3 is 0 Å². The largest absolute Gasteiger partial charge is 0.497 e. The molecule has 36 heavy (non-hydrogen) atoms. The molecule has 3 N–H and O–H groups in total. The SMILES string of the molecule is COc1ccc(COc2c3ncc(Cc4ccc(F)cc4)cc3c(C(N)=O)c3cn(C)c(O)c23)cc1. The lowest BCUT2D eigenvalue weighted by atomic mass is 9.97. The number of nitrogens with zero attached hydrogens (tertiary/aromatic N) is 2. The molecule has 182 valence electrons. The minimum absolute atomic E-state index is 0.0590. The van der Waals surface area contributed by atoms with Gasteiger partial charge in [0.1, 0.15) is 23.7 Å². The zero-order valence-electron chi connectivity index (χ0n) is 19.8. The number of carbonyl (C=O) groups is 1. The maximum atomic E-state index is 13.3. The van der Waals surface area contributed by atoms with Gasteiger partial charge in [-0.3, -0.25) is 9.78 Å². The van der Waals surface area contributed by atoms with Gasteiger partial charge in [-0.2, -0.15) is 0 Å². The van der Waals surface area contributed by atoms with Crippen molar-refractivity contribution in [3.63, 3.8) is 0 Å². The number of aromatic nitrogens is 2. The van der Waals surface area contributed by atoms with Crippen molar-refractivity contribution in [1.82, 2.24) is 9.55 Å². The van der Waals surface area contributed by atoms with E-state index in [1.165, 1.54) is 16.7 Å². The number of pyridine rings is 1. The number of aromatic hydroxyl groups is 1. The first-order valence-corrected chi connectivity index (χ1v) is 11.3. The first-order valence-electron chi connectivity index (χ1n) is 11.3. The highest BCUT2D eigenvalue weighted by atomic mass is 19.1. The van der Waals surface area contributed by atoms with E-state index in [4.69, 9.17) is 15.2 Å². The van der Waals surface area contributed by atoms with E-state index < -0.39 is 5.91 Å². The summed E-state index contributed by atoms with van der Waals surface area (Å²) < 4.78 is 26.3. The molecule has 5 aromatic rings. The van der Waals surface area contributed by atoms with E-state index >= 15 is 0 Å². The number of benzene rings is 3. The van der Waals surface area contributed by atoms with Gasteiger partial charge in [-0.25, -0.2) is 4.39 Å². The number of nitrogens with two attached hydrogens (primary N) is 1. The lowest BCUT2D eigenvalue weighted by Crippen LogP contribution is -2.13. The van der Waals surface area contributed by atoms with Crippen LogP contribution in [0.5, 0.6) is 17.4 Å². The van der Waals surface area contributed by atoms with Crippen molar-refractivity contribution in [1.29, 1.82) is 0 Å². The van der Waals surface area contributed by atoms with Crippen molar-refractivity contribution in [2.45, 2.75) is 13.0 Å². The topological polar surface area (TPSA) is 99.6 Å². The normalized spacial score (nSPS) is 11.2. The van der Waals surface area contributed by atoms with Gasteiger partial charge in [0.15, 0.2) is 5.75 Å². The molecule has 7 nitrogen and oxygen atoms in total. The smallest absolute Gasteiger partial charge is 0.250 e. The highest BCUT2D eigenvalue weighted by molar-refractivity contribution is 6.21. The first kappa shape index (κ1) is 23.2. The van der Waals surface area contributed by atoms with Gasteiger partial charge in [-0.15, -0.1) is 0 Å². The van der Waals surface area contributed by atoms with E-state index in [0.29, 0.717) is 33.8 Å². The molecule has 5 rings (SSSR count). The van der Waals surface area contributed by atoms with Gasteiger partial charge in [0.05, 0.1) is 18.1 Å². The number of fused-ring (bicyclic) bond motifs is 2. The number of halogens is 1. The molecule has 0 spiro atoms. The monoisotopic (exact) mass is 485 g/mol. The fraction of sp³-hybridized carbons (Fsp3) is 0.143. The Morgan fingerprint density at radius 2 is 1.75 bits per heavy atom. The van der Waals surface area contributed by atoms with Crippen LogP contribution in [0.15, 0.2) is 67.0 Å². The van der Waals surface area contributed by atoms with E-state index in [-0.39, 0.29) is 23.9 Å². The number of rotatable bonds is 7. The summed E-state index contributed by atoms with van der Waals surface area (Å²) in [4.78, 5) is 17.2. The standard InChI is InChI=1S/C28H24FN3O4/c1-32-14-22-23(27(30)33)21-12-18(11-16-3-7-19(29)8-4-16)13-31-25(21)26(24(22)28(32)34)36-15-17-5-9-20(35-2)10-6-17/h3-10,12-14,34H,11,15H2,1-2H3,(H2,30,33). The van der Waals surface area contributed by atoms with Crippen molar-refractivity contribution in [2.75, 3.05) is 7.11 Å². The summed E-state index contributed by atoms with van der Waals surface area (Å²) in [6.07, 6.45) is 3.82. The summed E-state index contributed by atoms with van der Waals surface area (Å²) in [5.41, 5.74) is 9.08. The van der Waals surface area contributed by atoms with Gasteiger partial charge < -0.3 is 24.9 Å². The van der Waals surface area contributed by atoms with Crippen molar-refractivity contribution < 1.29 is 23.8 Å². The molecule has 0 radical (unpaired) electrons. The minimum Gasteiger partial charge on any atom is -0.497 e. The number of amides is 1. The fourth-order valence-corrected chi connectivity index (χ4v) is 4.39. The summed E-state index contributed by atoms with van der Waals surface area (Å²) in [7, 11) is 3.27. The minimum atomic E-state index is -0.641. The molecular formula is C28H24FN3O4. The zero-order chi connectivity index (χ0) is 25.4. The van der Waals surface area contributed by atoms with Gasteiger partial charge in [-0.1, -0.05) is 24.3 Å². The maximum Gasteiger partial charge on any atom is 0.250 e. The molecule has 0 unspecified atom stereocenters. The molecule has 2 heterocycles. The van der Waals surface area contributed by atoms with Crippen LogP contribution in [0.3, 0.4) is 0 Å². The van der Waals surface area contributed by atoms with E-state index in [1.807, 2.05) is 30.3 Å². The lowest BCUT2D eigenvalue weighted by molar-refractivity contribution is 0.100. The number of carbonyl (C=O) groups excluding carboxylic acids is 1. The Balaban J connectivity index is 1.65. The highest BCUT2D eigenvalue weighted by Gasteiger charge is 2.24. The summed E-state index contributed by atoms with van der Waals surface area (Å²) in [6.45, 7) is 0.206. The Labute approximate surface area is 206 Å². The third kappa shape index (κ3) is 4.17. The fourth-order valence-electron chi connectivity index (χ4n) is 4.39. The number of aryl methyl sites for hydroxylation is 1.